The molecule has 0 bridgehead atoms. The van der Waals surface area contributed by atoms with Crippen molar-refractivity contribution < 1.29 is 43.9 Å². The smallest absolute Gasteiger partial charge is 0.328 e. The molecule has 4 heterocycles. The highest BCUT2D eigenvalue weighted by molar-refractivity contribution is 7.16. The first-order valence-electron chi connectivity index (χ1n) is 17.5. The number of hydrogen-bond acceptors (Lipinski definition) is 12. The summed E-state index contributed by atoms with van der Waals surface area (Å²) in [5, 5.41) is 42.4. The number of likely N-dealkylation sites (tertiary alicyclic amines) is 1. The number of benzene rings is 2. The topological polar surface area (TPSA) is 206 Å². The molecule has 6 rings (SSSR count). The molecule has 6 N–H and O–H groups in total. The van der Waals surface area contributed by atoms with Gasteiger partial charge in [-0.1, -0.05) is 43.4 Å². The number of phenols is 1. The van der Waals surface area contributed by atoms with Gasteiger partial charge in [-0.3, -0.25) is 14.5 Å². The molecule has 0 saturated carbocycles. The van der Waals surface area contributed by atoms with E-state index in [0.29, 0.717) is 84.3 Å². The Hall–Kier alpha value is -4.52. The number of phenolic OH excluding ortho intramolecular Hbond substituents is 1. The van der Waals surface area contributed by atoms with Crippen LogP contribution in [0.5, 0.6) is 5.75 Å². The van der Waals surface area contributed by atoms with Crippen molar-refractivity contribution in [2.75, 3.05) is 45.9 Å². The summed E-state index contributed by atoms with van der Waals surface area (Å²) >= 11 is 2.48. The van der Waals surface area contributed by atoms with Gasteiger partial charge in [0.1, 0.15) is 22.8 Å². The second-order valence-corrected chi connectivity index (χ2v) is 15.4. The number of nitrogens with zero attached hydrogens (tertiary/aromatic N) is 3. The van der Waals surface area contributed by atoms with Crippen LogP contribution in [0.4, 0.5) is 4.39 Å². The van der Waals surface area contributed by atoms with E-state index in [4.69, 9.17) is 14.9 Å². The maximum absolute atomic E-state index is 14.7. The molecule has 0 aliphatic carbocycles. The number of piperidine rings is 1. The number of carboxylic acid groups (broad SMARTS) is 2. The van der Waals surface area contributed by atoms with E-state index in [0.717, 1.165) is 47.8 Å². The number of H-pyrrole nitrogens is 1. The van der Waals surface area contributed by atoms with E-state index in [9.17, 15) is 33.8 Å². The van der Waals surface area contributed by atoms with Gasteiger partial charge < -0.3 is 40.4 Å². The second-order valence-electron chi connectivity index (χ2n) is 13.6. The fourth-order valence-corrected chi connectivity index (χ4v) is 8.17. The van der Waals surface area contributed by atoms with Gasteiger partial charge in [-0.25, -0.2) is 19.0 Å². The number of carbonyl (C=O) groups excluding carboxylic acids is 1. The summed E-state index contributed by atoms with van der Waals surface area (Å²) in [4.78, 5) is 55.2. The number of aromatic amines is 1. The van der Waals surface area contributed by atoms with E-state index < -0.39 is 18.0 Å². The largest absolute Gasteiger partial charge is 0.506 e. The van der Waals surface area contributed by atoms with Gasteiger partial charge in [0.2, 0.25) is 0 Å². The molecule has 0 unspecified atom stereocenters. The van der Waals surface area contributed by atoms with Crippen molar-refractivity contribution in [3.05, 3.63) is 90.7 Å². The molecular formula is C37H44FN5O9S2. The number of fused-ring (bicyclic) bond motifs is 1. The summed E-state index contributed by atoms with van der Waals surface area (Å²) in [5.74, 6) is -2.54. The molecule has 2 saturated heterocycles. The van der Waals surface area contributed by atoms with Crippen LogP contribution in [-0.4, -0.2) is 110 Å². The van der Waals surface area contributed by atoms with Crippen LogP contribution in [-0.2, 0) is 27.3 Å². The van der Waals surface area contributed by atoms with Crippen molar-refractivity contribution in [3.63, 3.8) is 0 Å². The molecule has 290 valence electrons. The van der Waals surface area contributed by atoms with Crippen LogP contribution in [0.3, 0.4) is 0 Å². The first-order valence-corrected chi connectivity index (χ1v) is 19.2. The number of carbonyl (C=O) groups is 3. The first-order chi connectivity index (χ1) is 25.7. The third kappa shape index (κ3) is 10.6. The molecule has 4 aromatic rings. The Bertz CT molecular complexity index is 2020. The predicted octanol–water partition coefficient (Wildman–Crippen LogP) is 4.10. The number of aliphatic hydroxyl groups is 1. The molecule has 2 aromatic carbocycles. The lowest BCUT2D eigenvalue weighted by Gasteiger charge is -2.47. The maximum atomic E-state index is 14.7. The number of aliphatic carboxylic acids is 2. The number of aromatic hydroxyl groups is 1. The number of aliphatic hydroxyl groups excluding tert-OH is 1. The van der Waals surface area contributed by atoms with Gasteiger partial charge in [0, 0.05) is 61.7 Å². The standard InChI is InChI=1S/C33H40FN5O5S2.C4H4O4/c1-20(2)30-36-25(18-45-30)31(42)39-13-14-44-33(19-39)8-11-38(12-9-33)17-21-3-5-24(34)22(15-21)7-10-35-16-27(41)23-4-6-26(40)28-29(23)46-32(43)37-28;5-3(6)1-2-4(7)8/h3-6,15,18,20,27,35,40-41H,7-14,16-17,19H2,1-2H3,(H,37,43);1-2H,(H,5,6)(H,7,8)/b;2-1-/t27-;/m0./s1. The Labute approximate surface area is 318 Å². The summed E-state index contributed by atoms with van der Waals surface area (Å²) in [6.45, 7) is 8.84. The van der Waals surface area contributed by atoms with Crippen LogP contribution in [0.15, 0.2) is 52.7 Å². The van der Waals surface area contributed by atoms with Crippen molar-refractivity contribution in [3.8, 4) is 5.75 Å². The van der Waals surface area contributed by atoms with Crippen molar-refractivity contribution in [1.29, 1.82) is 0 Å². The Kier molecular flexibility index (Phi) is 13.7. The van der Waals surface area contributed by atoms with E-state index in [-0.39, 0.29) is 34.5 Å². The first kappa shape index (κ1) is 40.7. The van der Waals surface area contributed by atoms with Crippen LogP contribution in [0, 0.1) is 5.82 Å². The molecular weight excluding hydrogens is 742 g/mol. The van der Waals surface area contributed by atoms with Gasteiger partial charge in [-0.05, 0) is 49.1 Å². The van der Waals surface area contributed by atoms with Gasteiger partial charge in [-0.2, -0.15) is 0 Å². The fourth-order valence-electron chi connectivity index (χ4n) is 6.44. The minimum Gasteiger partial charge on any atom is -0.506 e. The lowest BCUT2D eigenvalue weighted by atomic mass is 9.89. The lowest BCUT2D eigenvalue weighted by Crippen LogP contribution is -2.58. The van der Waals surface area contributed by atoms with E-state index in [1.165, 1.54) is 23.5 Å². The highest BCUT2D eigenvalue weighted by Gasteiger charge is 2.41. The number of aromatic nitrogens is 2. The lowest BCUT2D eigenvalue weighted by molar-refractivity contribution is -0.134. The molecule has 17 heteroatoms. The van der Waals surface area contributed by atoms with Gasteiger partial charge >= 0.3 is 16.8 Å². The number of morpholine rings is 1. The predicted molar refractivity (Wildman–Crippen MR) is 202 cm³/mol. The van der Waals surface area contributed by atoms with Gasteiger partial charge in [0.05, 0.1) is 34.6 Å². The molecule has 2 aliphatic rings. The molecule has 0 radical (unpaired) electrons. The zero-order chi connectivity index (χ0) is 39.0. The van der Waals surface area contributed by atoms with Crippen LogP contribution in [0.25, 0.3) is 10.2 Å². The number of thiazole rings is 2. The van der Waals surface area contributed by atoms with Crippen molar-refractivity contribution in [2.45, 2.75) is 57.3 Å². The minimum absolute atomic E-state index is 0.0206. The van der Waals surface area contributed by atoms with Gasteiger partial charge in [0.15, 0.2) is 0 Å². The maximum Gasteiger partial charge on any atom is 0.328 e. The summed E-state index contributed by atoms with van der Waals surface area (Å²) in [6.07, 6.45) is 2.31. The van der Waals surface area contributed by atoms with E-state index in [1.807, 2.05) is 22.4 Å². The molecule has 54 heavy (non-hydrogen) atoms. The van der Waals surface area contributed by atoms with Crippen LogP contribution in [0.2, 0.25) is 0 Å². The summed E-state index contributed by atoms with van der Waals surface area (Å²) in [7, 11) is 0. The average molecular weight is 786 g/mol. The Balaban J connectivity index is 0.000000631. The zero-order valence-electron chi connectivity index (χ0n) is 29.9. The number of carboxylic acids is 2. The van der Waals surface area contributed by atoms with Crippen molar-refractivity contribution in [2.24, 2.45) is 0 Å². The molecule has 1 atom stereocenters. The monoisotopic (exact) mass is 785 g/mol. The van der Waals surface area contributed by atoms with E-state index in [1.54, 1.807) is 6.07 Å². The summed E-state index contributed by atoms with van der Waals surface area (Å²) in [5.41, 5.74) is 2.69. The van der Waals surface area contributed by atoms with Crippen LogP contribution >= 0.6 is 22.7 Å². The number of nitrogens with one attached hydrogen (secondary N) is 2. The molecule has 1 amide bonds. The molecule has 14 nitrogen and oxygen atoms in total. The minimum atomic E-state index is -1.26. The van der Waals surface area contributed by atoms with E-state index in [2.05, 4.69) is 34.0 Å². The second kappa shape index (κ2) is 18.2. The highest BCUT2D eigenvalue weighted by Crippen LogP contribution is 2.33. The third-order valence-electron chi connectivity index (χ3n) is 9.28. The summed E-state index contributed by atoms with van der Waals surface area (Å²) < 4.78 is 21.5. The van der Waals surface area contributed by atoms with Gasteiger partial charge in [0.25, 0.3) is 5.91 Å². The Morgan fingerprint density at radius 2 is 1.83 bits per heavy atom. The molecule has 2 aliphatic heterocycles. The number of rotatable bonds is 12. The normalized spacial score (nSPS) is 16.5. The highest BCUT2D eigenvalue weighted by atomic mass is 32.1. The average Bonchev–Trinajstić information content (AvgIpc) is 3.80. The van der Waals surface area contributed by atoms with Crippen LogP contribution < -0.4 is 10.2 Å². The summed E-state index contributed by atoms with van der Waals surface area (Å²) in [6, 6.07) is 8.32. The number of hydrogen-bond donors (Lipinski definition) is 6. The fraction of sp³-hybridized carbons (Fsp3) is 0.432. The SMILES string of the molecule is CC(C)c1nc(C(=O)N2CCOC3(CCN(Cc4ccc(F)c(CCNC[C@H](O)c5ccc(O)c6[nH]c(=O)sc56)c4)CC3)C2)cs1.O=C(O)/C=C\C(=O)O. The molecule has 2 fully saturated rings. The zero-order valence-corrected chi connectivity index (χ0v) is 31.6. The van der Waals surface area contributed by atoms with Crippen molar-refractivity contribution >= 4 is 50.7 Å². The van der Waals surface area contributed by atoms with Crippen molar-refractivity contribution in [1.82, 2.24) is 25.1 Å². The molecule has 1 spiro atoms. The Morgan fingerprint density at radius 1 is 1.11 bits per heavy atom. The van der Waals surface area contributed by atoms with Gasteiger partial charge in [-0.15, -0.1) is 11.3 Å². The number of amides is 1. The van der Waals surface area contributed by atoms with E-state index >= 15 is 0 Å². The third-order valence-corrected chi connectivity index (χ3v) is 11.4. The Morgan fingerprint density at radius 3 is 2.50 bits per heavy atom. The number of halogens is 1. The number of ether oxygens (including phenoxy) is 1. The van der Waals surface area contributed by atoms with Crippen LogP contribution in [0.1, 0.15) is 70.9 Å². The molecule has 2 aromatic heterocycles. The quantitative estimate of drug-likeness (QED) is 0.0888.